The maximum atomic E-state index is 11.5. The van der Waals surface area contributed by atoms with Gasteiger partial charge >= 0.3 is 0 Å². The van der Waals surface area contributed by atoms with Crippen LogP contribution in [0.25, 0.3) is 0 Å². The fourth-order valence-electron chi connectivity index (χ4n) is 4.61. The van der Waals surface area contributed by atoms with Crippen molar-refractivity contribution >= 4 is 0 Å². The Morgan fingerprint density at radius 1 is 0.895 bits per heavy atom. The van der Waals surface area contributed by atoms with Crippen molar-refractivity contribution in [3.63, 3.8) is 0 Å². The van der Waals surface area contributed by atoms with Crippen molar-refractivity contribution < 1.29 is 0 Å². The predicted molar refractivity (Wildman–Crippen MR) is 81.1 cm³/mol. The van der Waals surface area contributed by atoms with E-state index in [1.807, 2.05) is 0 Å². The van der Waals surface area contributed by atoms with Gasteiger partial charge in [0.25, 0.3) is 0 Å². The first kappa shape index (κ1) is 15.0. The van der Waals surface area contributed by atoms with Crippen LogP contribution in [0.2, 0.25) is 0 Å². The highest BCUT2D eigenvalue weighted by molar-refractivity contribution is 4.93. The minimum atomic E-state index is -0.240. The van der Waals surface area contributed by atoms with Crippen LogP contribution in [-0.4, -0.2) is 5.54 Å². The zero-order valence-corrected chi connectivity index (χ0v) is 13.1. The molecule has 19 heavy (non-hydrogen) atoms. The summed E-state index contributed by atoms with van der Waals surface area (Å²) in [5.74, 6) is 1.40. The normalized spacial score (nSPS) is 45.2. The van der Waals surface area contributed by atoms with E-state index in [9.17, 15) is 4.91 Å². The first-order chi connectivity index (χ1) is 8.97. The molecule has 0 aromatic heterocycles. The molecule has 2 saturated carbocycles. The molecule has 0 aliphatic heterocycles. The van der Waals surface area contributed by atoms with Gasteiger partial charge in [0.2, 0.25) is 0 Å². The SMILES string of the molecule is CC1CCC2(C)CCCCC(N=O)(CC1)CC(C)C2. The summed E-state index contributed by atoms with van der Waals surface area (Å²) in [5, 5.41) is 3.67. The summed E-state index contributed by atoms with van der Waals surface area (Å²) < 4.78 is 0. The van der Waals surface area contributed by atoms with Crippen molar-refractivity contribution in [2.24, 2.45) is 22.4 Å². The third-order valence-electron chi connectivity index (χ3n) is 5.78. The second-order valence-corrected chi connectivity index (χ2v) is 8.03. The van der Waals surface area contributed by atoms with Gasteiger partial charge in [0, 0.05) is 0 Å². The number of hydrogen-bond acceptors (Lipinski definition) is 2. The molecular weight excluding hydrogens is 234 g/mol. The van der Waals surface area contributed by atoms with Crippen molar-refractivity contribution in [2.75, 3.05) is 0 Å². The van der Waals surface area contributed by atoms with Gasteiger partial charge in [0.1, 0.15) is 5.54 Å². The Morgan fingerprint density at radius 2 is 1.58 bits per heavy atom. The monoisotopic (exact) mass is 265 g/mol. The molecule has 0 spiro atoms. The highest BCUT2D eigenvalue weighted by Crippen LogP contribution is 2.46. The third-order valence-corrected chi connectivity index (χ3v) is 5.78. The Labute approximate surface area is 118 Å². The van der Waals surface area contributed by atoms with E-state index in [0.29, 0.717) is 11.3 Å². The molecule has 0 radical (unpaired) electrons. The topological polar surface area (TPSA) is 29.4 Å². The van der Waals surface area contributed by atoms with Crippen LogP contribution in [0.3, 0.4) is 0 Å². The lowest BCUT2D eigenvalue weighted by atomic mass is 9.70. The van der Waals surface area contributed by atoms with Crippen LogP contribution in [0.15, 0.2) is 5.18 Å². The predicted octanol–water partition coefficient (Wildman–Crippen LogP) is 5.70. The largest absolute Gasteiger partial charge is 0.150 e. The van der Waals surface area contributed by atoms with Crippen molar-refractivity contribution in [1.82, 2.24) is 0 Å². The molecule has 110 valence electrons. The van der Waals surface area contributed by atoms with Gasteiger partial charge in [-0.2, -0.15) is 4.91 Å². The number of fused-ring (bicyclic) bond motifs is 4. The summed E-state index contributed by atoms with van der Waals surface area (Å²) in [6.45, 7) is 7.19. The summed E-state index contributed by atoms with van der Waals surface area (Å²) in [6, 6.07) is 0. The van der Waals surface area contributed by atoms with Crippen LogP contribution < -0.4 is 0 Å². The molecule has 2 fully saturated rings. The van der Waals surface area contributed by atoms with Crippen molar-refractivity contribution in [1.29, 1.82) is 0 Å². The molecule has 2 bridgehead atoms. The van der Waals surface area contributed by atoms with Gasteiger partial charge in [0.15, 0.2) is 0 Å². The Balaban J connectivity index is 2.27. The summed E-state index contributed by atoms with van der Waals surface area (Å²) in [4.78, 5) is 11.5. The molecule has 0 aromatic rings. The Hall–Kier alpha value is -0.400. The molecule has 0 N–H and O–H groups in total. The molecule has 4 unspecified atom stereocenters. The molecule has 0 amide bonds. The van der Waals surface area contributed by atoms with E-state index in [0.717, 1.165) is 25.2 Å². The third kappa shape index (κ3) is 3.79. The van der Waals surface area contributed by atoms with Gasteiger partial charge in [-0.1, -0.05) is 45.2 Å². The minimum absolute atomic E-state index is 0.240. The maximum Gasteiger partial charge on any atom is 0.103 e. The van der Waals surface area contributed by atoms with Gasteiger partial charge in [-0.15, -0.1) is 0 Å². The summed E-state index contributed by atoms with van der Waals surface area (Å²) in [5.41, 5.74) is 0.264. The lowest BCUT2D eigenvalue weighted by molar-refractivity contribution is 0.162. The standard InChI is InChI=1S/C17H31NO/c1-14-6-10-16(3)8-4-5-9-17(18-19,11-7-14)13-15(2)12-16/h14-15H,4-13H2,1-3H3. The number of hydrogen-bond donors (Lipinski definition) is 0. The van der Waals surface area contributed by atoms with Crippen LogP contribution in [0.4, 0.5) is 0 Å². The number of rotatable bonds is 1. The van der Waals surface area contributed by atoms with Gasteiger partial charge in [0.05, 0.1) is 0 Å². The first-order valence-electron chi connectivity index (χ1n) is 8.32. The van der Waals surface area contributed by atoms with E-state index in [4.69, 9.17) is 0 Å². The molecular formula is C17H31NO. The van der Waals surface area contributed by atoms with Crippen LogP contribution >= 0.6 is 0 Å². The second kappa shape index (κ2) is 5.93. The molecule has 0 saturated heterocycles. The lowest BCUT2D eigenvalue weighted by Crippen LogP contribution is -2.31. The van der Waals surface area contributed by atoms with E-state index < -0.39 is 0 Å². The van der Waals surface area contributed by atoms with Gasteiger partial charge in [-0.05, 0) is 62.2 Å². The van der Waals surface area contributed by atoms with E-state index in [1.165, 1.54) is 44.9 Å². The molecule has 2 rings (SSSR count). The minimum Gasteiger partial charge on any atom is -0.150 e. The van der Waals surface area contributed by atoms with E-state index in [1.54, 1.807) is 0 Å². The zero-order valence-electron chi connectivity index (χ0n) is 13.1. The van der Waals surface area contributed by atoms with Gasteiger partial charge in [-0.25, -0.2) is 0 Å². The van der Waals surface area contributed by atoms with Crippen LogP contribution in [-0.2, 0) is 0 Å². The summed E-state index contributed by atoms with van der Waals surface area (Å²) in [7, 11) is 0. The Kier molecular flexibility index (Phi) is 4.68. The lowest BCUT2D eigenvalue weighted by Gasteiger charge is -2.36. The molecule has 4 atom stereocenters. The number of nitroso groups, excluding NO2 is 1. The van der Waals surface area contributed by atoms with Gasteiger partial charge in [-0.3, -0.25) is 0 Å². The maximum absolute atomic E-state index is 11.5. The molecule has 0 aromatic carbocycles. The van der Waals surface area contributed by atoms with Crippen molar-refractivity contribution in [3.05, 3.63) is 4.91 Å². The van der Waals surface area contributed by atoms with Crippen molar-refractivity contribution in [3.8, 4) is 0 Å². The van der Waals surface area contributed by atoms with Crippen LogP contribution in [0.5, 0.6) is 0 Å². The highest BCUT2D eigenvalue weighted by Gasteiger charge is 2.38. The van der Waals surface area contributed by atoms with E-state index in [-0.39, 0.29) is 5.54 Å². The molecule has 2 aliphatic rings. The van der Waals surface area contributed by atoms with E-state index >= 15 is 0 Å². The van der Waals surface area contributed by atoms with Crippen molar-refractivity contribution in [2.45, 2.75) is 90.5 Å². The summed E-state index contributed by atoms with van der Waals surface area (Å²) >= 11 is 0. The Morgan fingerprint density at radius 3 is 2.32 bits per heavy atom. The van der Waals surface area contributed by atoms with Gasteiger partial charge < -0.3 is 0 Å². The fourth-order valence-corrected chi connectivity index (χ4v) is 4.61. The van der Waals surface area contributed by atoms with Crippen LogP contribution in [0.1, 0.15) is 85.0 Å². The molecule has 0 heterocycles. The molecule has 2 heteroatoms. The second-order valence-electron chi connectivity index (χ2n) is 8.03. The number of nitrogens with zero attached hydrogens (tertiary/aromatic N) is 1. The molecule has 2 nitrogen and oxygen atoms in total. The Bertz CT molecular complexity index is 316. The van der Waals surface area contributed by atoms with Crippen LogP contribution in [0, 0.1) is 22.2 Å². The van der Waals surface area contributed by atoms with E-state index in [2.05, 4.69) is 25.9 Å². The highest BCUT2D eigenvalue weighted by atomic mass is 16.3. The fraction of sp³-hybridized carbons (Fsp3) is 1.00. The average Bonchev–Trinajstić information content (AvgIpc) is 2.41. The molecule has 2 aliphatic carbocycles. The quantitative estimate of drug-likeness (QED) is 0.559. The average molecular weight is 265 g/mol. The first-order valence-corrected chi connectivity index (χ1v) is 8.32. The summed E-state index contributed by atoms with van der Waals surface area (Å²) in [6.07, 6.45) is 12.1. The zero-order chi connectivity index (χ0) is 13.9. The smallest absolute Gasteiger partial charge is 0.103 e.